The average molecular weight is 289 g/mol. The highest BCUT2D eigenvalue weighted by Gasteiger charge is 2.22. The van der Waals surface area contributed by atoms with Crippen LogP contribution in [-0.4, -0.2) is 67.8 Å². The van der Waals surface area contributed by atoms with Crippen LogP contribution < -0.4 is 10.6 Å². The third-order valence-corrected chi connectivity index (χ3v) is 2.60. The summed E-state index contributed by atoms with van der Waals surface area (Å²) < 4.78 is 4.83. The van der Waals surface area contributed by atoms with Crippen LogP contribution in [0.2, 0.25) is 0 Å². The molecule has 0 aromatic carbocycles. The Morgan fingerprint density at radius 1 is 1.25 bits per heavy atom. The van der Waals surface area contributed by atoms with E-state index in [0.29, 0.717) is 13.0 Å². The Morgan fingerprint density at radius 2 is 1.85 bits per heavy atom. The van der Waals surface area contributed by atoms with Gasteiger partial charge >= 0.3 is 12.0 Å². The Labute approximate surface area is 118 Å². The Kier molecular flexibility index (Phi) is 8.30. The number of ether oxygens (including phenoxy) is 1. The van der Waals surface area contributed by atoms with E-state index in [2.05, 4.69) is 10.6 Å². The minimum atomic E-state index is -1.12. The molecule has 0 aliphatic rings. The number of hydrogen-bond acceptors (Lipinski definition) is 4. The molecule has 0 saturated carbocycles. The van der Waals surface area contributed by atoms with Crippen molar-refractivity contribution in [3.05, 3.63) is 0 Å². The van der Waals surface area contributed by atoms with Gasteiger partial charge in [0.2, 0.25) is 5.91 Å². The smallest absolute Gasteiger partial charge is 0.326 e. The molecule has 0 fully saturated rings. The number of carboxylic acid groups (broad SMARTS) is 1. The molecule has 8 nitrogen and oxygen atoms in total. The van der Waals surface area contributed by atoms with Crippen molar-refractivity contribution >= 4 is 17.9 Å². The normalized spacial score (nSPS) is 13.2. The largest absolute Gasteiger partial charge is 0.480 e. The number of carboxylic acids is 1. The molecule has 3 amide bonds. The first-order valence-corrected chi connectivity index (χ1v) is 6.29. The number of aliphatic carboxylic acids is 1. The zero-order valence-electron chi connectivity index (χ0n) is 12.3. The minimum absolute atomic E-state index is 0.257. The average Bonchev–Trinajstić information content (AvgIpc) is 2.36. The number of nitrogens with one attached hydrogen (secondary N) is 2. The summed E-state index contributed by atoms with van der Waals surface area (Å²) in [6.45, 7) is 1.95. The van der Waals surface area contributed by atoms with Gasteiger partial charge in [-0.2, -0.15) is 0 Å². The van der Waals surface area contributed by atoms with E-state index in [1.807, 2.05) is 0 Å². The minimum Gasteiger partial charge on any atom is -0.480 e. The summed E-state index contributed by atoms with van der Waals surface area (Å²) in [6.07, 6.45) is 0.770. The van der Waals surface area contributed by atoms with Crippen molar-refractivity contribution in [2.75, 3.05) is 27.8 Å². The summed E-state index contributed by atoms with van der Waals surface area (Å²) in [5, 5.41) is 13.7. The molecule has 0 aliphatic heterocycles. The van der Waals surface area contributed by atoms with Crippen LogP contribution in [0.25, 0.3) is 0 Å². The fraction of sp³-hybridized carbons (Fsp3) is 0.750. The molecule has 2 unspecified atom stereocenters. The molecule has 0 spiro atoms. The third kappa shape index (κ3) is 6.93. The number of nitrogens with zero attached hydrogens (tertiary/aromatic N) is 1. The molecule has 2 atom stereocenters. The first-order chi connectivity index (χ1) is 9.29. The fourth-order valence-corrected chi connectivity index (χ4v) is 1.53. The first kappa shape index (κ1) is 18.2. The molecule has 0 heterocycles. The summed E-state index contributed by atoms with van der Waals surface area (Å²) in [5.74, 6) is -1.39. The molecular weight excluding hydrogens is 266 g/mol. The van der Waals surface area contributed by atoms with Gasteiger partial charge in [0.1, 0.15) is 12.1 Å². The monoisotopic (exact) mass is 289 g/mol. The maximum atomic E-state index is 11.6. The van der Waals surface area contributed by atoms with Crippen molar-refractivity contribution in [2.45, 2.75) is 31.8 Å². The zero-order valence-corrected chi connectivity index (χ0v) is 12.3. The first-order valence-electron chi connectivity index (χ1n) is 6.29. The van der Waals surface area contributed by atoms with E-state index in [4.69, 9.17) is 9.84 Å². The lowest BCUT2D eigenvalue weighted by Crippen LogP contribution is -2.52. The van der Waals surface area contributed by atoms with Crippen LogP contribution in [-0.2, 0) is 14.3 Å². The molecular formula is C12H23N3O5. The van der Waals surface area contributed by atoms with Crippen molar-refractivity contribution in [1.82, 2.24) is 15.5 Å². The Bertz CT molecular complexity index is 346. The van der Waals surface area contributed by atoms with E-state index >= 15 is 0 Å². The Balaban J connectivity index is 4.32. The van der Waals surface area contributed by atoms with E-state index in [0.717, 1.165) is 0 Å². The molecule has 0 radical (unpaired) electrons. The van der Waals surface area contributed by atoms with Crippen molar-refractivity contribution in [3.63, 3.8) is 0 Å². The molecule has 0 aliphatic carbocycles. The number of rotatable bonds is 8. The SMILES string of the molecule is COCCCC(NC(=O)NC(C)C(=O)N(C)C)C(=O)O. The van der Waals surface area contributed by atoms with Gasteiger partial charge in [0, 0.05) is 27.8 Å². The highest BCUT2D eigenvalue weighted by atomic mass is 16.5. The van der Waals surface area contributed by atoms with Gasteiger partial charge in [-0.3, -0.25) is 4.79 Å². The molecule has 116 valence electrons. The second-order valence-electron chi connectivity index (χ2n) is 4.60. The topological polar surface area (TPSA) is 108 Å². The summed E-state index contributed by atoms with van der Waals surface area (Å²) >= 11 is 0. The lowest BCUT2D eigenvalue weighted by molar-refractivity contribution is -0.139. The van der Waals surface area contributed by atoms with E-state index in [1.54, 1.807) is 14.1 Å². The second-order valence-corrected chi connectivity index (χ2v) is 4.60. The molecule has 0 aromatic rings. The fourth-order valence-electron chi connectivity index (χ4n) is 1.53. The van der Waals surface area contributed by atoms with Crippen LogP contribution in [0.3, 0.4) is 0 Å². The number of hydrogen-bond donors (Lipinski definition) is 3. The van der Waals surface area contributed by atoms with E-state index in [1.165, 1.54) is 18.9 Å². The van der Waals surface area contributed by atoms with Crippen molar-refractivity contribution < 1.29 is 24.2 Å². The predicted molar refractivity (Wildman–Crippen MR) is 72.4 cm³/mol. The van der Waals surface area contributed by atoms with Crippen LogP contribution >= 0.6 is 0 Å². The van der Waals surface area contributed by atoms with Crippen LogP contribution in [0.15, 0.2) is 0 Å². The maximum absolute atomic E-state index is 11.6. The second kappa shape index (κ2) is 9.13. The number of carbonyl (C=O) groups is 3. The van der Waals surface area contributed by atoms with Crippen molar-refractivity contribution in [1.29, 1.82) is 0 Å². The molecule has 0 aromatic heterocycles. The zero-order chi connectivity index (χ0) is 15.7. The van der Waals surface area contributed by atoms with Gasteiger partial charge in [-0.15, -0.1) is 0 Å². The summed E-state index contributed by atoms with van der Waals surface area (Å²) in [7, 11) is 4.66. The van der Waals surface area contributed by atoms with Gasteiger partial charge in [-0.05, 0) is 19.8 Å². The van der Waals surface area contributed by atoms with Crippen LogP contribution in [0.1, 0.15) is 19.8 Å². The van der Waals surface area contributed by atoms with E-state index in [9.17, 15) is 14.4 Å². The number of amides is 3. The standard InChI is InChI=1S/C12H23N3O5/c1-8(10(16)15(2)3)13-12(19)14-9(11(17)18)6-5-7-20-4/h8-9H,5-7H2,1-4H3,(H,17,18)(H2,13,14,19). The molecule has 0 bridgehead atoms. The van der Waals surface area contributed by atoms with E-state index < -0.39 is 24.1 Å². The van der Waals surface area contributed by atoms with Crippen LogP contribution in [0.4, 0.5) is 4.79 Å². The molecule has 0 saturated heterocycles. The molecule has 20 heavy (non-hydrogen) atoms. The quantitative estimate of drug-likeness (QED) is 0.529. The molecule has 0 rings (SSSR count). The van der Waals surface area contributed by atoms with Gasteiger partial charge in [-0.1, -0.05) is 0 Å². The number of methoxy groups -OCH3 is 1. The maximum Gasteiger partial charge on any atom is 0.326 e. The third-order valence-electron chi connectivity index (χ3n) is 2.60. The van der Waals surface area contributed by atoms with Gasteiger partial charge in [-0.25, -0.2) is 9.59 Å². The lowest BCUT2D eigenvalue weighted by atomic mass is 10.1. The van der Waals surface area contributed by atoms with Gasteiger partial charge < -0.3 is 25.4 Å². The number of likely N-dealkylation sites (N-methyl/N-ethyl adjacent to an activating group) is 1. The number of urea groups is 1. The van der Waals surface area contributed by atoms with Crippen molar-refractivity contribution in [3.8, 4) is 0 Å². The molecule has 3 N–H and O–H groups in total. The predicted octanol–water partition coefficient (Wildman–Crippen LogP) is -0.358. The number of carbonyl (C=O) groups excluding carboxylic acids is 2. The summed E-state index contributed by atoms with van der Waals surface area (Å²) in [4.78, 5) is 35.5. The summed E-state index contributed by atoms with van der Waals surface area (Å²) in [6, 6.07) is -2.41. The van der Waals surface area contributed by atoms with Gasteiger partial charge in [0.25, 0.3) is 0 Å². The highest BCUT2D eigenvalue weighted by molar-refractivity contribution is 5.88. The molecule has 8 heteroatoms. The van der Waals surface area contributed by atoms with Crippen LogP contribution in [0, 0.1) is 0 Å². The van der Waals surface area contributed by atoms with Gasteiger partial charge in [0.15, 0.2) is 0 Å². The van der Waals surface area contributed by atoms with Crippen LogP contribution in [0.5, 0.6) is 0 Å². The van der Waals surface area contributed by atoms with Crippen molar-refractivity contribution in [2.24, 2.45) is 0 Å². The highest BCUT2D eigenvalue weighted by Crippen LogP contribution is 1.98. The Morgan fingerprint density at radius 3 is 2.30 bits per heavy atom. The summed E-state index contributed by atoms with van der Waals surface area (Å²) in [5.41, 5.74) is 0. The lowest BCUT2D eigenvalue weighted by Gasteiger charge is -2.20. The Hall–Kier alpha value is -1.83. The van der Waals surface area contributed by atoms with Gasteiger partial charge in [0.05, 0.1) is 0 Å². The van der Waals surface area contributed by atoms with E-state index in [-0.39, 0.29) is 12.3 Å².